The lowest BCUT2D eigenvalue weighted by atomic mass is 9.91. The lowest BCUT2D eigenvalue weighted by molar-refractivity contribution is -0.137. The van der Waals surface area contributed by atoms with Crippen LogP contribution < -0.4 is 10.9 Å². The van der Waals surface area contributed by atoms with Gasteiger partial charge in [0.05, 0.1) is 24.0 Å². The monoisotopic (exact) mass is 474 g/mol. The van der Waals surface area contributed by atoms with Crippen LogP contribution in [-0.4, -0.2) is 64.1 Å². The fourth-order valence-corrected chi connectivity index (χ4v) is 4.62. The Morgan fingerprint density at radius 1 is 1.17 bits per heavy atom. The van der Waals surface area contributed by atoms with Crippen LogP contribution in [0.1, 0.15) is 25.7 Å². The maximum Gasteiger partial charge on any atom is 0.264 e. The minimum Gasteiger partial charge on any atom is -0.388 e. The number of benzene rings is 1. The van der Waals surface area contributed by atoms with Gasteiger partial charge < -0.3 is 15.3 Å². The average molecular weight is 475 g/mol. The maximum absolute atomic E-state index is 13.2. The number of H-pyrrole nitrogens is 1. The third-order valence-corrected chi connectivity index (χ3v) is 6.84. The van der Waals surface area contributed by atoms with E-state index in [0.29, 0.717) is 42.8 Å². The molecule has 4 heterocycles. The largest absolute Gasteiger partial charge is 0.388 e. The highest BCUT2D eigenvalue weighted by atomic mass is 16.3. The molecule has 3 aromatic heterocycles. The molecule has 4 aromatic rings. The van der Waals surface area contributed by atoms with E-state index in [1.807, 2.05) is 35.2 Å². The van der Waals surface area contributed by atoms with Crippen molar-refractivity contribution in [2.24, 2.45) is 5.92 Å². The van der Waals surface area contributed by atoms with Crippen molar-refractivity contribution >= 4 is 28.4 Å². The van der Waals surface area contributed by atoms with E-state index in [-0.39, 0.29) is 23.9 Å². The van der Waals surface area contributed by atoms with Gasteiger partial charge in [0.1, 0.15) is 11.7 Å². The normalized spacial score (nSPS) is 17.6. The van der Waals surface area contributed by atoms with Crippen LogP contribution in [-0.2, 0) is 11.3 Å². The Hall–Kier alpha value is -3.99. The van der Waals surface area contributed by atoms with Gasteiger partial charge in [-0.25, -0.2) is 9.67 Å². The number of hydrogen-bond acceptors (Lipinski definition) is 7. The van der Waals surface area contributed by atoms with Crippen molar-refractivity contribution in [3.63, 3.8) is 0 Å². The van der Waals surface area contributed by atoms with Gasteiger partial charge in [0.25, 0.3) is 5.56 Å². The zero-order valence-electron chi connectivity index (χ0n) is 19.1. The molecule has 2 fully saturated rings. The molecule has 6 rings (SSSR count). The summed E-state index contributed by atoms with van der Waals surface area (Å²) in [5.74, 6) is 1.09. The van der Waals surface area contributed by atoms with E-state index in [2.05, 4.69) is 25.6 Å². The summed E-state index contributed by atoms with van der Waals surface area (Å²) in [7, 11) is 0. The number of nitrogens with one attached hydrogen (secondary N) is 2. The topological polar surface area (TPSA) is 134 Å². The SMILES string of the molecule is O=C(C1CC1)N1CCC(O)(Cn2cnc3c(cnn3-c3ccc(Nc4cc[nH]n4)cc3)c2=O)CC1. The number of nitrogens with zero attached hydrogens (tertiary/aromatic N) is 6. The smallest absolute Gasteiger partial charge is 0.264 e. The van der Waals surface area contributed by atoms with E-state index in [9.17, 15) is 14.7 Å². The Bertz CT molecular complexity index is 1410. The van der Waals surface area contributed by atoms with Gasteiger partial charge in [-0.1, -0.05) is 0 Å². The van der Waals surface area contributed by atoms with Crippen LogP contribution in [0.25, 0.3) is 16.7 Å². The number of piperidine rings is 1. The first kappa shape index (κ1) is 21.5. The van der Waals surface area contributed by atoms with Crippen LogP contribution in [0.3, 0.4) is 0 Å². The minimum absolute atomic E-state index is 0.138. The molecule has 180 valence electrons. The summed E-state index contributed by atoms with van der Waals surface area (Å²) in [4.78, 5) is 31.8. The predicted octanol–water partition coefficient (Wildman–Crippen LogP) is 1.81. The number of amides is 1. The average Bonchev–Trinajstić information content (AvgIpc) is 3.42. The highest BCUT2D eigenvalue weighted by Crippen LogP contribution is 2.33. The molecule has 1 amide bonds. The zero-order chi connectivity index (χ0) is 24.0. The number of carbonyl (C=O) groups excluding carboxylic acids is 1. The summed E-state index contributed by atoms with van der Waals surface area (Å²) in [6.07, 6.45) is 7.54. The second kappa shape index (κ2) is 8.35. The number of aromatic amines is 1. The van der Waals surface area contributed by atoms with Gasteiger partial charge in [-0.3, -0.25) is 19.3 Å². The van der Waals surface area contributed by atoms with Crippen molar-refractivity contribution in [2.45, 2.75) is 37.8 Å². The number of rotatable bonds is 6. The second-order valence-electron chi connectivity index (χ2n) is 9.43. The molecular weight excluding hydrogens is 448 g/mol. The van der Waals surface area contributed by atoms with Crippen LogP contribution in [0.4, 0.5) is 11.5 Å². The summed E-state index contributed by atoms with van der Waals surface area (Å²) in [6, 6.07) is 9.39. The lowest BCUT2D eigenvalue weighted by Gasteiger charge is -2.38. The van der Waals surface area contributed by atoms with Crippen molar-refractivity contribution < 1.29 is 9.90 Å². The fourth-order valence-electron chi connectivity index (χ4n) is 4.62. The molecule has 1 saturated heterocycles. The first-order valence-electron chi connectivity index (χ1n) is 11.8. The third-order valence-electron chi connectivity index (χ3n) is 6.84. The Labute approximate surface area is 200 Å². The van der Waals surface area contributed by atoms with Gasteiger partial charge in [-0.05, 0) is 49.9 Å². The summed E-state index contributed by atoms with van der Waals surface area (Å²) in [5.41, 5.74) is 0.792. The van der Waals surface area contributed by atoms with Gasteiger partial charge in [0.15, 0.2) is 11.5 Å². The van der Waals surface area contributed by atoms with E-state index in [4.69, 9.17) is 0 Å². The van der Waals surface area contributed by atoms with E-state index in [1.165, 1.54) is 17.1 Å². The molecule has 1 aromatic carbocycles. The number of carbonyl (C=O) groups is 1. The number of anilines is 2. The van der Waals surface area contributed by atoms with Gasteiger partial charge in [-0.2, -0.15) is 10.2 Å². The van der Waals surface area contributed by atoms with E-state index < -0.39 is 5.60 Å². The van der Waals surface area contributed by atoms with Gasteiger partial charge in [0, 0.05) is 37.0 Å². The molecule has 0 spiro atoms. The summed E-state index contributed by atoms with van der Waals surface area (Å²) < 4.78 is 3.07. The number of likely N-dealkylation sites (tertiary alicyclic amines) is 1. The first-order valence-corrected chi connectivity index (χ1v) is 11.8. The second-order valence-corrected chi connectivity index (χ2v) is 9.43. The van der Waals surface area contributed by atoms with Crippen LogP contribution in [0.2, 0.25) is 0 Å². The molecular formula is C24H26N8O3. The molecule has 0 bridgehead atoms. The summed E-state index contributed by atoms with van der Waals surface area (Å²) in [6.45, 7) is 1.16. The van der Waals surface area contributed by atoms with Gasteiger partial charge in [0.2, 0.25) is 5.91 Å². The molecule has 0 radical (unpaired) electrons. The van der Waals surface area contributed by atoms with E-state index in [0.717, 1.165) is 24.2 Å². The molecule has 3 N–H and O–H groups in total. The maximum atomic E-state index is 13.2. The lowest BCUT2D eigenvalue weighted by Crippen LogP contribution is -2.50. The van der Waals surface area contributed by atoms with Crippen molar-refractivity contribution in [3.8, 4) is 5.69 Å². The van der Waals surface area contributed by atoms with Crippen LogP contribution in [0.15, 0.2) is 53.8 Å². The number of hydrogen-bond donors (Lipinski definition) is 3. The highest BCUT2D eigenvalue weighted by molar-refractivity contribution is 5.81. The van der Waals surface area contributed by atoms with Crippen LogP contribution in [0.5, 0.6) is 0 Å². The molecule has 0 atom stereocenters. The fraction of sp³-hybridized carbons (Fsp3) is 0.375. The summed E-state index contributed by atoms with van der Waals surface area (Å²) >= 11 is 0. The Kier molecular flexibility index (Phi) is 5.14. The molecule has 35 heavy (non-hydrogen) atoms. The molecule has 1 saturated carbocycles. The number of fused-ring (bicyclic) bond motifs is 1. The molecule has 1 aliphatic heterocycles. The van der Waals surface area contributed by atoms with Crippen LogP contribution >= 0.6 is 0 Å². The molecule has 1 aliphatic carbocycles. The molecule has 0 unspecified atom stereocenters. The summed E-state index contributed by atoms with van der Waals surface area (Å²) in [5, 5.41) is 25.9. The highest BCUT2D eigenvalue weighted by Gasteiger charge is 2.39. The molecule has 11 nitrogen and oxygen atoms in total. The van der Waals surface area contributed by atoms with Crippen molar-refractivity contribution in [2.75, 3.05) is 18.4 Å². The van der Waals surface area contributed by atoms with Crippen molar-refractivity contribution in [3.05, 3.63) is 59.4 Å². The Morgan fingerprint density at radius 2 is 1.94 bits per heavy atom. The van der Waals surface area contributed by atoms with E-state index >= 15 is 0 Å². The minimum atomic E-state index is -1.05. The Morgan fingerprint density at radius 3 is 2.63 bits per heavy atom. The zero-order valence-corrected chi connectivity index (χ0v) is 19.1. The number of aromatic nitrogens is 6. The molecule has 11 heteroatoms. The Balaban J connectivity index is 1.19. The predicted molar refractivity (Wildman–Crippen MR) is 128 cm³/mol. The van der Waals surface area contributed by atoms with Gasteiger partial charge in [-0.15, -0.1) is 0 Å². The van der Waals surface area contributed by atoms with Gasteiger partial charge >= 0.3 is 0 Å². The van der Waals surface area contributed by atoms with E-state index in [1.54, 1.807) is 10.9 Å². The van der Waals surface area contributed by atoms with Crippen LogP contribution in [0, 0.1) is 5.92 Å². The van der Waals surface area contributed by atoms with Crippen molar-refractivity contribution in [1.82, 2.24) is 34.4 Å². The number of aliphatic hydroxyl groups is 1. The first-order chi connectivity index (χ1) is 17.0. The quantitative estimate of drug-likeness (QED) is 0.388. The molecule has 2 aliphatic rings. The standard InChI is InChI=1S/C24H26N8O3/c33-22(16-1-2-16)30-11-8-24(35,9-12-30)14-31-15-25-21-19(23(31)34)13-27-32(21)18-5-3-17(4-6-18)28-20-7-10-26-29-20/h3-7,10,13,15-16,35H,1-2,8-9,11-12,14H2,(H2,26,28,29). The third kappa shape index (κ3) is 4.18. The van der Waals surface area contributed by atoms with Crippen molar-refractivity contribution in [1.29, 1.82) is 0 Å².